The Morgan fingerprint density at radius 1 is 1.14 bits per heavy atom. The molecule has 1 aliphatic heterocycles. The minimum atomic E-state index is -3.43. The van der Waals surface area contributed by atoms with Gasteiger partial charge in [0.15, 0.2) is 0 Å². The molecule has 3 heterocycles. The highest BCUT2D eigenvalue weighted by Gasteiger charge is 2.30. The Morgan fingerprint density at radius 2 is 1.91 bits per heavy atom. The second kappa shape index (κ2) is 6.14. The summed E-state index contributed by atoms with van der Waals surface area (Å²) in [7, 11) is -3.43. The fourth-order valence-electron chi connectivity index (χ4n) is 2.83. The van der Waals surface area contributed by atoms with Gasteiger partial charge >= 0.3 is 0 Å². The third-order valence-electron chi connectivity index (χ3n) is 4.05. The highest BCUT2D eigenvalue weighted by molar-refractivity contribution is 7.89. The fourth-order valence-corrected chi connectivity index (χ4v) is 4.27. The molecule has 0 aliphatic carbocycles. The van der Waals surface area contributed by atoms with Crippen molar-refractivity contribution < 1.29 is 8.42 Å². The van der Waals surface area contributed by atoms with Gasteiger partial charge in [-0.25, -0.2) is 8.42 Å². The van der Waals surface area contributed by atoms with Crippen molar-refractivity contribution >= 4 is 10.0 Å². The Bertz CT molecular complexity index is 739. The molecule has 6 heteroatoms. The van der Waals surface area contributed by atoms with Crippen LogP contribution >= 0.6 is 0 Å². The van der Waals surface area contributed by atoms with Crippen molar-refractivity contribution in [2.75, 3.05) is 13.1 Å². The zero-order chi connectivity index (χ0) is 15.6. The SMILES string of the molecule is Cc1cccc(C2CCN(S(=O)(=O)c3cccnc3)CC2)n1. The van der Waals surface area contributed by atoms with Gasteiger partial charge in [-0.1, -0.05) is 6.07 Å². The number of pyridine rings is 2. The first kappa shape index (κ1) is 15.1. The van der Waals surface area contributed by atoms with Gasteiger partial charge in [0.1, 0.15) is 4.90 Å². The van der Waals surface area contributed by atoms with Crippen LogP contribution in [0, 0.1) is 6.92 Å². The predicted molar refractivity (Wildman–Crippen MR) is 83.9 cm³/mol. The van der Waals surface area contributed by atoms with Crippen LogP contribution in [0.4, 0.5) is 0 Å². The van der Waals surface area contributed by atoms with Crippen LogP contribution in [0.2, 0.25) is 0 Å². The molecule has 0 saturated carbocycles. The molecule has 1 fully saturated rings. The highest BCUT2D eigenvalue weighted by Crippen LogP contribution is 2.29. The van der Waals surface area contributed by atoms with E-state index in [1.807, 2.05) is 25.1 Å². The summed E-state index contributed by atoms with van der Waals surface area (Å²) in [6.45, 7) is 3.03. The minimum Gasteiger partial charge on any atom is -0.263 e. The maximum absolute atomic E-state index is 12.6. The predicted octanol–water partition coefficient (Wildman–Crippen LogP) is 2.35. The van der Waals surface area contributed by atoms with Crippen LogP contribution in [-0.2, 0) is 10.0 Å². The average molecular weight is 317 g/mol. The Morgan fingerprint density at radius 3 is 2.55 bits per heavy atom. The quantitative estimate of drug-likeness (QED) is 0.872. The van der Waals surface area contributed by atoms with E-state index in [4.69, 9.17) is 0 Å². The lowest BCUT2D eigenvalue weighted by atomic mass is 9.94. The van der Waals surface area contributed by atoms with Gasteiger partial charge in [0.05, 0.1) is 0 Å². The molecule has 1 saturated heterocycles. The number of hydrogen-bond donors (Lipinski definition) is 0. The summed E-state index contributed by atoms with van der Waals surface area (Å²) in [5, 5.41) is 0. The molecular formula is C16H19N3O2S. The van der Waals surface area contributed by atoms with E-state index in [1.54, 1.807) is 22.6 Å². The third kappa shape index (κ3) is 3.03. The summed E-state index contributed by atoms with van der Waals surface area (Å²) in [6, 6.07) is 9.26. The fraction of sp³-hybridized carbons (Fsp3) is 0.375. The van der Waals surface area contributed by atoms with Crippen molar-refractivity contribution in [3.8, 4) is 0 Å². The Balaban J connectivity index is 1.72. The first-order valence-corrected chi connectivity index (χ1v) is 8.85. The van der Waals surface area contributed by atoms with Gasteiger partial charge in [-0.3, -0.25) is 9.97 Å². The second-order valence-electron chi connectivity index (χ2n) is 5.57. The number of nitrogens with zero attached hydrogens (tertiary/aromatic N) is 3. The van der Waals surface area contributed by atoms with Gasteiger partial charge in [-0.2, -0.15) is 4.31 Å². The number of aryl methyl sites for hydroxylation is 1. The van der Waals surface area contributed by atoms with E-state index in [-0.39, 0.29) is 4.90 Å². The number of aromatic nitrogens is 2. The minimum absolute atomic E-state index is 0.266. The van der Waals surface area contributed by atoms with Crippen molar-refractivity contribution in [1.82, 2.24) is 14.3 Å². The van der Waals surface area contributed by atoms with Crippen LogP contribution in [0.1, 0.15) is 30.1 Å². The monoisotopic (exact) mass is 317 g/mol. The summed E-state index contributed by atoms with van der Waals surface area (Å²) in [5.41, 5.74) is 2.07. The molecular weight excluding hydrogens is 298 g/mol. The molecule has 5 nitrogen and oxygen atoms in total. The zero-order valence-electron chi connectivity index (χ0n) is 12.5. The van der Waals surface area contributed by atoms with Crippen LogP contribution in [0.25, 0.3) is 0 Å². The van der Waals surface area contributed by atoms with E-state index < -0.39 is 10.0 Å². The molecule has 0 radical (unpaired) electrons. The lowest BCUT2D eigenvalue weighted by Gasteiger charge is -2.30. The van der Waals surface area contributed by atoms with E-state index in [1.165, 1.54) is 6.20 Å². The number of rotatable bonds is 3. The average Bonchev–Trinajstić information content (AvgIpc) is 2.56. The Labute approximate surface area is 131 Å². The van der Waals surface area contributed by atoms with Crippen LogP contribution in [-0.4, -0.2) is 35.8 Å². The summed E-state index contributed by atoms with van der Waals surface area (Å²) < 4.78 is 26.7. The van der Waals surface area contributed by atoms with Crippen molar-refractivity contribution in [1.29, 1.82) is 0 Å². The molecule has 0 amide bonds. The van der Waals surface area contributed by atoms with Crippen molar-refractivity contribution in [3.63, 3.8) is 0 Å². The van der Waals surface area contributed by atoms with E-state index in [0.717, 1.165) is 24.2 Å². The lowest BCUT2D eigenvalue weighted by molar-refractivity contribution is 0.316. The van der Waals surface area contributed by atoms with Crippen LogP contribution in [0.5, 0.6) is 0 Å². The van der Waals surface area contributed by atoms with E-state index >= 15 is 0 Å². The van der Waals surface area contributed by atoms with Gasteiger partial charge in [0, 0.05) is 42.8 Å². The van der Waals surface area contributed by atoms with Gasteiger partial charge in [-0.05, 0) is 44.0 Å². The van der Waals surface area contributed by atoms with Gasteiger partial charge < -0.3 is 0 Å². The molecule has 1 aliphatic rings. The van der Waals surface area contributed by atoms with E-state index in [9.17, 15) is 8.42 Å². The molecule has 116 valence electrons. The van der Waals surface area contributed by atoms with Gasteiger partial charge in [-0.15, -0.1) is 0 Å². The summed E-state index contributed by atoms with van der Waals surface area (Å²) in [5.74, 6) is 0.334. The molecule has 0 bridgehead atoms. The lowest BCUT2D eigenvalue weighted by Crippen LogP contribution is -2.38. The normalized spacial score (nSPS) is 17.5. The zero-order valence-corrected chi connectivity index (χ0v) is 13.3. The summed E-state index contributed by atoms with van der Waals surface area (Å²) in [6.07, 6.45) is 4.59. The molecule has 0 unspecified atom stereocenters. The van der Waals surface area contributed by atoms with Crippen molar-refractivity contribution in [3.05, 3.63) is 54.1 Å². The number of piperidine rings is 1. The maximum Gasteiger partial charge on any atom is 0.244 e. The van der Waals surface area contributed by atoms with Crippen LogP contribution in [0.15, 0.2) is 47.6 Å². The number of hydrogen-bond acceptors (Lipinski definition) is 4. The summed E-state index contributed by atoms with van der Waals surface area (Å²) in [4.78, 5) is 8.73. The van der Waals surface area contributed by atoms with Crippen molar-refractivity contribution in [2.45, 2.75) is 30.6 Å². The second-order valence-corrected chi connectivity index (χ2v) is 7.51. The largest absolute Gasteiger partial charge is 0.263 e. The van der Waals surface area contributed by atoms with Crippen LogP contribution in [0.3, 0.4) is 0 Å². The molecule has 0 spiro atoms. The first-order chi connectivity index (χ1) is 10.6. The van der Waals surface area contributed by atoms with Gasteiger partial charge in [0.2, 0.25) is 10.0 Å². The molecule has 0 aromatic carbocycles. The smallest absolute Gasteiger partial charge is 0.244 e. The van der Waals surface area contributed by atoms with Gasteiger partial charge in [0.25, 0.3) is 0 Å². The standard InChI is InChI=1S/C16H19N3O2S/c1-13-4-2-6-16(18-13)14-7-10-19(11-8-14)22(20,21)15-5-3-9-17-12-15/h2-6,9,12,14H,7-8,10-11H2,1H3. The highest BCUT2D eigenvalue weighted by atomic mass is 32.2. The molecule has 3 rings (SSSR count). The molecule has 2 aromatic heterocycles. The maximum atomic E-state index is 12.6. The Kier molecular flexibility index (Phi) is 4.22. The van der Waals surface area contributed by atoms with E-state index in [0.29, 0.717) is 19.0 Å². The summed E-state index contributed by atoms with van der Waals surface area (Å²) >= 11 is 0. The first-order valence-electron chi connectivity index (χ1n) is 7.41. The topological polar surface area (TPSA) is 63.2 Å². The van der Waals surface area contributed by atoms with E-state index in [2.05, 4.69) is 9.97 Å². The van der Waals surface area contributed by atoms with Crippen molar-refractivity contribution in [2.24, 2.45) is 0 Å². The third-order valence-corrected chi connectivity index (χ3v) is 5.94. The molecule has 22 heavy (non-hydrogen) atoms. The van der Waals surface area contributed by atoms with Crippen LogP contribution < -0.4 is 0 Å². The molecule has 0 N–H and O–H groups in total. The number of sulfonamides is 1. The Hall–Kier alpha value is -1.79. The molecule has 2 aromatic rings. The molecule has 0 atom stereocenters.